The van der Waals surface area contributed by atoms with Crippen LogP contribution >= 0.6 is 22.9 Å². The lowest BCUT2D eigenvalue weighted by Gasteiger charge is -2.38. The van der Waals surface area contributed by atoms with E-state index in [2.05, 4.69) is 25.4 Å². The third-order valence-electron chi connectivity index (χ3n) is 6.63. The summed E-state index contributed by atoms with van der Waals surface area (Å²) in [5.74, 6) is -0.832. The monoisotopic (exact) mass is 573 g/mol. The predicted molar refractivity (Wildman–Crippen MR) is 139 cm³/mol. The maximum absolute atomic E-state index is 14.0. The molecule has 4 heterocycles. The van der Waals surface area contributed by atoms with E-state index in [9.17, 15) is 19.0 Å². The van der Waals surface area contributed by atoms with E-state index in [0.29, 0.717) is 11.6 Å². The number of aryl methyl sites for hydroxylation is 2. The van der Waals surface area contributed by atoms with Gasteiger partial charge in [0.05, 0.1) is 39.8 Å². The van der Waals surface area contributed by atoms with Crippen LogP contribution in [0.15, 0.2) is 36.5 Å². The van der Waals surface area contributed by atoms with Crippen molar-refractivity contribution in [3.05, 3.63) is 69.8 Å². The molecule has 0 amide bonds. The molecule has 39 heavy (non-hydrogen) atoms. The topological polar surface area (TPSA) is 124 Å². The number of ether oxygens (including phenoxy) is 1. The maximum atomic E-state index is 14.0. The van der Waals surface area contributed by atoms with Gasteiger partial charge in [-0.2, -0.15) is 5.10 Å². The zero-order valence-electron chi connectivity index (χ0n) is 20.7. The molecule has 1 aliphatic rings. The van der Waals surface area contributed by atoms with Crippen molar-refractivity contribution in [3.8, 4) is 16.9 Å². The van der Waals surface area contributed by atoms with Gasteiger partial charge < -0.3 is 14.9 Å². The smallest absolute Gasteiger partial charge is 0.161 e. The number of aliphatic hydroxyl groups excluding tert-OH is 2. The van der Waals surface area contributed by atoms with Crippen LogP contribution in [0.4, 0.5) is 8.78 Å². The van der Waals surface area contributed by atoms with Gasteiger partial charge in [0.15, 0.2) is 5.82 Å². The number of hydrogen-bond acceptors (Lipinski definition) is 9. The molecule has 2 aromatic carbocycles. The van der Waals surface area contributed by atoms with Crippen LogP contribution in [0.3, 0.4) is 0 Å². The molecule has 202 valence electrons. The minimum absolute atomic E-state index is 0.140. The predicted octanol–water partition coefficient (Wildman–Crippen LogP) is 4.11. The molecule has 1 saturated heterocycles. The largest absolute Gasteiger partial charge is 0.394 e. The fourth-order valence-corrected chi connectivity index (χ4v) is 5.77. The second kappa shape index (κ2) is 9.99. The highest BCUT2D eigenvalue weighted by molar-refractivity contribution is 7.18. The molecule has 1 fully saturated rings. The molecule has 3 aromatic heterocycles. The number of thiazole rings is 1. The normalized spacial score (nSPS) is 21.6. The van der Waals surface area contributed by atoms with Crippen molar-refractivity contribution in [1.29, 1.82) is 0 Å². The van der Waals surface area contributed by atoms with Crippen LogP contribution in [-0.4, -0.2) is 63.8 Å². The van der Waals surface area contributed by atoms with Gasteiger partial charge in [-0.3, -0.25) is 0 Å². The number of fused-ring (bicyclic) bond motifs is 1. The third kappa shape index (κ3) is 4.70. The van der Waals surface area contributed by atoms with Crippen LogP contribution in [-0.2, 0) is 4.74 Å². The summed E-state index contributed by atoms with van der Waals surface area (Å²) >= 11 is 7.17. The van der Waals surface area contributed by atoms with Crippen LogP contribution in [0.25, 0.3) is 27.2 Å². The Morgan fingerprint density at radius 2 is 1.92 bits per heavy atom. The van der Waals surface area contributed by atoms with Crippen LogP contribution in [0.1, 0.15) is 35.2 Å². The van der Waals surface area contributed by atoms with E-state index >= 15 is 0 Å². The molecule has 6 rings (SSSR count). The first-order valence-electron chi connectivity index (χ1n) is 12.0. The highest BCUT2D eigenvalue weighted by Crippen LogP contribution is 2.38. The summed E-state index contributed by atoms with van der Waals surface area (Å²) in [6.07, 6.45) is -1.08. The quantitative estimate of drug-likeness (QED) is 0.301. The number of hydrogen-bond donors (Lipinski definition) is 2. The van der Waals surface area contributed by atoms with Crippen molar-refractivity contribution >= 4 is 33.2 Å². The summed E-state index contributed by atoms with van der Waals surface area (Å²) in [6, 6.07) is 7.22. The molecular weight excluding hydrogens is 552 g/mol. The highest BCUT2D eigenvalue weighted by Gasteiger charge is 2.41. The van der Waals surface area contributed by atoms with Crippen molar-refractivity contribution in [1.82, 2.24) is 34.7 Å². The van der Waals surface area contributed by atoms with E-state index in [1.165, 1.54) is 10.9 Å². The Morgan fingerprint density at radius 1 is 1.15 bits per heavy atom. The van der Waals surface area contributed by atoms with Crippen LogP contribution < -0.4 is 0 Å². The van der Waals surface area contributed by atoms with Gasteiger partial charge in [0.1, 0.15) is 46.5 Å². The Balaban J connectivity index is 1.35. The van der Waals surface area contributed by atoms with E-state index in [1.54, 1.807) is 22.9 Å². The SMILES string of the molecule is Cc1nc([C@H]2C[C@@H](n3cc(-c4cc(F)c(Cl)c(F)c4)nn3)[C@@H](O)[C@@H](CO)O2)n(-c2ccc3nc(C)sc3c2)n1. The summed E-state index contributed by atoms with van der Waals surface area (Å²) in [4.78, 5) is 9.11. The van der Waals surface area contributed by atoms with Gasteiger partial charge >= 0.3 is 0 Å². The van der Waals surface area contributed by atoms with Gasteiger partial charge in [0.25, 0.3) is 0 Å². The third-order valence-corrected chi connectivity index (χ3v) is 7.92. The molecule has 0 radical (unpaired) electrons. The lowest BCUT2D eigenvalue weighted by Crippen LogP contribution is -2.45. The number of aromatic nitrogens is 7. The molecule has 0 spiro atoms. The average molecular weight is 574 g/mol. The molecular formula is C25H22ClF2N7O3S. The molecule has 5 aromatic rings. The van der Waals surface area contributed by atoms with E-state index < -0.39 is 47.6 Å². The average Bonchev–Trinajstić information content (AvgIpc) is 3.64. The number of benzene rings is 2. The second-order valence-corrected chi connectivity index (χ2v) is 10.9. The summed E-state index contributed by atoms with van der Waals surface area (Å²) < 4.78 is 38.2. The van der Waals surface area contributed by atoms with Gasteiger partial charge in [0.2, 0.25) is 0 Å². The lowest BCUT2D eigenvalue weighted by atomic mass is 9.95. The van der Waals surface area contributed by atoms with Crippen molar-refractivity contribution in [2.45, 2.75) is 44.6 Å². The minimum Gasteiger partial charge on any atom is -0.394 e. The zero-order valence-corrected chi connectivity index (χ0v) is 22.2. The fraction of sp³-hybridized carbons (Fsp3) is 0.320. The summed E-state index contributed by atoms with van der Waals surface area (Å²) in [7, 11) is 0. The van der Waals surface area contributed by atoms with Crippen LogP contribution in [0.2, 0.25) is 5.02 Å². The minimum atomic E-state index is -1.14. The molecule has 0 saturated carbocycles. The van der Waals surface area contributed by atoms with Gasteiger partial charge in [0, 0.05) is 12.0 Å². The molecule has 0 bridgehead atoms. The Morgan fingerprint density at radius 3 is 2.67 bits per heavy atom. The Hall–Kier alpha value is -3.36. The van der Waals surface area contributed by atoms with Gasteiger partial charge in [-0.15, -0.1) is 16.4 Å². The second-order valence-electron chi connectivity index (χ2n) is 9.29. The Labute approximate surface area is 229 Å². The zero-order chi connectivity index (χ0) is 27.4. The highest BCUT2D eigenvalue weighted by atomic mass is 35.5. The molecule has 10 nitrogen and oxygen atoms in total. The van der Waals surface area contributed by atoms with Crippen LogP contribution in [0, 0.1) is 25.5 Å². The number of halogens is 3. The summed E-state index contributed by atoms with van der Waals surface area (Å²) in [5, 5.41) is 34.1. The lowest BCUT2D eigenvalue weighted by molar-refractivity contribution is -0.161. The van der Waals surface area contributed by atoms with E-state index in [4.69, 9.17) is 16.3 Å². The molecule has 14 heteroatoms. The number of aliphatic hydroxyl groups is 2. The molecule has 0 unspecified atom stereocenters. The Kier molecular flexibility index (Phi) is 6.63. The van der Waals surface area contributed by atoms with E-state index in [1.807, 2.05) is 25.1 Å². The van der Waals surface area contributed by atoms with Gasteiger partial charge in [-0.1, -0.05) is 16.8 Å². The maximum Gasteiger partial charge on any atom is 0.161 e. The molecule has 1 aliphatic heterocycles. The van der Waals surface area contributed by atoms with E-state index in [0.717, 1.165) is 33.0 Å². The van der Waals surface area contributed by atoms with Gasteiger partial charge in [-0.05, 0) is 44.2 Å². The Bertz CT molecular complexity index is 1670. The first kappa shape index (κ1) is 25.9. The summed E-state index contributed by atoms with van der Waals surface area (Å²) in [5.41, 5.74) is 1.98. The molecule has 2 N–H and O–H groups in total. The molecule has 4 atom stereocenters. The summed E-state index contributed by atoms with van der Waals surface area (Å²) in [6.45, 7) is 3.26. The van der Waals surface area contributed by atoms with Crippen molar-refractivity contribution < 1.29 is 23.7 Å². The standard InChI is InChI=1S/C25H22ClF2N7O3S/c1-11-29-25(35(32-11)14-3-4-17-22(7-14)39-12(2)30-17)20-8-19(24(37)21(10-36)38-20)34-9-18(31-33-34)13-5-15(27)23(26)16(28)6-13/h3-7,9,19-21,24,36-37H,8,10H2,1-2H3/t19-,20-,21-,24-/m1/s1. The first-order valence-corrected chi connectivity index (χ1v) is 13.2. The van der Waals surface area contributed by atoms with Crippen molar-refractivity contribution in [3.63, 3.8) is 0 Å². The van der Waals surface area contributed by atoms with Crippen molar-refractivity contribution in [2.24, 2.45) is 0 Å². The fourth-order valence-electron chi connectivity index (χ4n) is 4.80. The first-order chi connectivity index (χ1) is 18.7. The van der Waals surface area contributed by atoms with Crippen molar-refractivity contribution in [2.75, 3.05) is 6.61 Å². The van der Waals surface area contributed by atoms with Crippen LogP contribution in [0.5, 0.6) is 0 Å². The van der Waals surface area contributed by atoms with E-state index in [-0.39, 0.29) is 17.7 Å². The number of rotatable bonds is 5. The number of nitrogens with zero attached hydrogens (tertiary/aromatic N) is 7. The van der Waals surface area contributed by atoms with Gasteiger partial charge in [-0.25, -0.2) is 28.1 Å². The molecule has 0 aliphatic carbocycles.